The molecule has 0 fully saturated rings. The van der Waals surface area contributed by atoms with Gasteiger partial charge >= 0.3 is 11.9 Å². The highest BCUT2D eigenvalue weighted by molar-refractivity contribution is 9.10. The molecule has 122 valence electrons. The van der Waals surface area contributed by atoms with Crippen molar-refractivity contribution in [3.05, 3.63) is 28.7 Å². The molecule has 0 unspecified atom stereocenters. The van der Waals surface area contributed by atoms with E-state index < -0.39 is 28.0 Å². The van der Waals surface area contributed by atoms with E-state index in [0.717, 1.165) is 0 Å². The van der Waals surface area contributed by atoms with Gasteiger partial charge in [-0.25, -0.2) is 18.0 Å². The van der Waals surface area contributed by atoms with Crippen molar-refractivity contribution in [3.63, 3.8) is 0 Å². The monoisotopic (exact) mass is 393 g/mol. The Morgan fingerprint density at radius 3 is 1.95 bits per heavy atom. The van der Waals surface area contributed by atoms with Crippen molar-refractivity contribution in [2.45, 2.75) is 24.8 Å². The highest BCUT2D eigenvalue weighted by Gasteiger charge is 2.34. The van der Waals surface area contributed by atoms with Crippen LogP contribution >= 0.6 is 15.9 Å². The van der Waals surface area contributed by atoms with Gasteiger partial charge in [0.05, 0.1) is 18.1 Å². The minimum atomic E-state index is -4.08. The van der Waals surface area contributed by atoms with Crippen molar-refractivity contribution in [1.29, 1.82) is 0 Å². The largest absolute Gasteiger partial charge is 0.464 e. The van der Waals surface area contributed by atoms with E-state index >= 15 is 0 Å². The lowest BCUT2D eigenvalue weighted by atomic mass is 10.3. The molecule has 0 saturated carbocycles. The second kappa shape index (κ2) is 8.25. The van der Waals surface area contributed by atoms with Crippen LogP contribution in [0.3, 0.4) is 0 Å². The Morgan fingerprint density at radius 2 is 1.55 bits per heavy atom. The highest BCUT2D eigenvalue weighted by Crippen LogP contribution is 2.15. The third-order valence-electron chi connectivity index (χ3n) is 2.44. The van der Waals surface area contributed by atoms with Crippen LogP contribution in [0.5, 0.6) is 0 Å². The molecule has 0 saturated heterocycles. The molecule has 1 aromatic rings. The lowest BCUT2D eigenvalue weighted by molar-refractivity contribution is -0.157. The summed E-state index contributed by atoms with van der Waals surface area (Å²) in [6, 6.07) is 3.98. The molecule has 0 spiro atoms. The summed E-state index contributed by atoms with van der Waals surface area (Å²) in [6.45, 7) is 3.11. The highest BCUT2D eigenvalue weighted by atomic mass is 79.9. The Hall–Kier alpha value is -1.45. The fraction of sp³-hybridized carbons (Fsp3) is 0.385. The van der Waals surface area contributed by atoms with Crippen molar-refractivity contribution in [2.75, 3.05) is 13.2 Å². The summed E-state index contributed by atoms with van der Waals surface area (Å²) in [4.78, 5) is 23.4. The van der Waals surface area contributed by atoms with Crippen LogP contribution in [-0.4, -0.2) is 39.6 Å². The van der Waals surface area contributed by atoms with E-state index in [1.807, 2.05) is 4.72 Å². The van der Waals surface area contributed by atoms with Crippen LogP contribution < -0.4 is 4.72 Å². The standard InChI is InChI=1S/C13H16BrNO6S/c1-3-20-12(16)11(13(17)21-4-2)15-22(18,19)10-7-5-9(14)6-8-10/h5-8,11,15H,3-4H2,1-2H3. The number of hydrogen-bond acceptors (Lipinski definition) is 6. The molecule has 9 heteroatoms. The number of nitrogens with one attached hydrogen (secondary N) is 1. The predicted molar refractivity (Wildman–Crippen MR) is 81.5 cm³/mol. The molecule has 7 nitrogen and oxygen atoms in total. The van der Waals surface area contributed by atoms with Gasteiger partial charge in [-0.1, -0.05) is 15.9 Å². The first-order chi connectivity index (χ1) is 10.3. The molecule has 0 atom stereocenters. The van der Waals surface area contributed by atoms with Crippen molar-refractivity contribution < 1.29 is 27.5 Å². The van der Waals surface area contributed by atoms with Crippen molar-refractivity contribution in [3.8, 4) is 0 Å². The summed E-state index contributed by atoms with van der Waals surface area (Å²) in [6.07, 6.45) is 0. The number of carbonyl (C=O) groups excluding carboxylic acids is 2. The van der Waals surface area contributed by atoms with Crippen molar-refractivity contribution in [1.82, 2.24) is 4.72 Å². The SMILES string of the molecule is CCOC(=O)C(NS(=O)(=O)c1ccc(Br)cc1)C(=O)OCC. The lowest BCUT2D eigenvalue weighted by Gasteiger charge is -2.16. The van der Waals surface area contributed by atoms with Gasteiger partial charge in [0, 0.05) is 4.47 Å². The van der Waals surface area contributed by atoms with E-state index in [9.17, 15) is 18.0 Å². The van der Waals surface area contributed by atoms with Crippen LogP contribution in [-0.2, 0) is 29.1 Å². The quantitative estimate of drug-likeness (QED) is 0.552. The maximum Gasteiger partial charge on any atom is 0.335 e. The molecular formula is C13H16BrNO6S. The first kappa shape index (κ1) is 18.6. The molecule has 0 aliphatic heterocycles. The third-order valence-corrected chi connectivity index (χ3v) is 4.41. The average Bonchev–Trinajstić information content (AvgIpc) is 2.45. The molecular weight excluding hydrogens is 378 g/mol. The Morgan fingerprint density at radius 1 is 1.09 bits per heavy atom. The molecule has 22 heavy (non-hydrogen) atoms. The van der Waals surface area contributed by atoms with Crippen LogP contribution in [0.4, 0.5) is 0 Å². The maximum atomic E-state index is 12.2. The molecule has 1 aromatic carbocycles. The Balaban J connectivity index is 3.03. The van der Waals surface area contributed by atoms with Crippen molar-refractivity contribution >= 4 is 37.9 Å². The van der Waals surface area contributed by atoms with Gasteiger partial charge in [0.25, 0.3) is 0 Å². The van der Waals surface area contributed by atoms with Gasteiger partial charge in [0.15, 0.2) is 0 Å². The number of benzene rings is 1. The summed E-state index contributed by atoms with van der Waals surface area (Å²) < 4.78 is 36.6. The molecule has 0 bridgehead atoms. The van der Waals surface area contributed by atoms with Crippen LogP contribution in [0, 0.1) is 0 Å². The number of hydrogen-bond donors (Lipinski definition) is 1. The van der Waals surface area contributed by atoms with Gasteiger partial charge in [-0.05, 0) is 38.1 Å². The zero-order valence-corrected chi connectivity index (χ0v) is 14.4. The minimum absolute atomic E-state index is 0.00868. The first-order valence-corrected chi connectivity index (χ1v) is 8.70. The molecule has 0 heterocycles. The number of ether oxygens (including phenoxy) is 2. The van der Waals surface area contributed by atoms with E-state index in [-0.39, 0.29) is 18.1 Å². The van der Waals surface area contributed by atoms with Gasteiger partial charge in [0.1, 0.15) is 0 Å². The smallest absolute Gasteiger partial charge is 0.335 e. The fourth-order valence-corrected chi connectivity index (χ4v) is 2.88. The zero-order valence-electron chi connectivity index (χ0n) is 12.0. The van der Waals surface area contributed by atoms with Gasteiger partial charge in [-0.15, -0.1) is 0 Å². The van der Waals surface area contributed by atoms with Crippen LogP contribution in [0.1, 0.15) is 13.8 Å². The van der Waals surface area contributed by atoms with Gasteiger partial charge in [-0.2, -0.15) is 4.72 Å². The number of carbonyl (C=O) groups is 2. The van der Waals surface area contributed by atoms with E-state index in [1.54, 1.807) is 13.8 Å². The normalized spacial score (nSPS) is 11.3. The van der Waals surface area contributed by atoms with E-state index in [1.165, 1.54) is 24.3 Å². The zero-order chi connectivity index (χ0) is 16.8. The number of rotatable bonds is 7. The maximum absolute atomic E-state index is 12.2. The molecule has 0 aliphatic rings. The van der Waals surface area contributed by atoms with Gasteiger partial charge in [-0.3, -0.25) is 0 Å². The molecule has 0 aliphatic carbocycles. The van der Waals surface area contributed by atoms with Crippen molar-refractivity contribution in [2.24, 2.45) is 0 Å². The number of sulfonamides is 1. The Kier molecular flexibility index (Phi) is 6.98. The topological polar surface area (TPSA) is 98.8 Å². The minimum Gasteiger partial charge on any atom is -0.464 e. The molecule has 1 rings (SSSR count). The summed E-state index contributed by atoms with van der Waals surface area (Å²) in [5, 5.41) is 0. The summed E-state index contributed by atoms with van der Waals surface area (Å²) in [7, 11) is -4.08. The van der Waals surface area contributed by atoms with Gasteiger partial charge in [0.2, 0.25) is 16.1 Å². The van der Waals surface area contributed by atoms with Gasteiger partial charge < -0.3 is 9.47 Å². The second-order valence-electron chi connectivity index (χ2n) is 4.01. The summed E-state index contributed by atoms with van der Waals surface area (Å²) >= 11 is 3.19. The first-order valence-electron chi connectivity index (χ1n) is 6.43. The molecule has 0 radical (unpaired) electrons. The van der Waals surface area contributed by atoms with Crippen LogP contribution in [0.15, 0.2) is 33.6 Å². The second-order valence-corrected chi connectivity index (χ2v) is 6.64. The van der Waals surface area contributed by atoms with E-state index in [2.05, 4.69) is 15.9 Å². The lowest BCUT2D eigenvalue weighted by Crippen LogP contribution is -2.48. The fourth-order valence-electron chi connectivity index (χ4n) is 1.48. The Bertz CT molecular complexity index is 610. The third kappa shape index (κ3) is 5.08. The van der Waals surface area contributed by atoms with E-state index in [4.69, 9.17) is 9.47 Å². The Labute approximate surface area is 137 Å². The van der Waals surface area contributed by atoms with Crippen LogP contribution in [0.2, 0.25) is 0 Å². The molecule has 1 N–H and O–H groups in total. The predicted octanol–water partition coefficient (Wildman–Crippen LogP) is 1.22. The molecule has 0 amide bonds. The summed E-state index contributed by atoms with van der Waals surface area (Å²) in [5.41, 5.74) is 0. The number of esters is 2. The summed E-state index contributed by atoms with van der Waals surface area (Å²) in [5.74, 6) is -2.02. The molecule has 0 aromatic heterocycles. The average molecular weight is 394 g/mol. The van der Waals surface area contributed by atoms with E-state index in [0.29, 0.717) is 4.47 Å². The number of halogens is 1. The van der Waals surface area contributed by atoms with Crippen LogP contribution in [0.25, 0.3) is 0 Å².